The van der Waals surface area contributed by atoms with E-state index in [-0.39, 0.29) is 27.3 Å². The van der Waals surface area contributed by atoms with Crippen LogP contribution >= 0.6 is 44.3 Å². The highest BCUT2D eigenvalue weighted by molar-refractivity contribution is 7.44. The number of halogens is 6. The van der Waals surface area contributed by atoms with Crippen molar-refractivity contribution >= 4 is 67.2 Å². The zero-order valence-corrected chi connectivity index (χ0v) is 20.0. The number of allylic oxidation sites excluding steroid dienone is 1. The summed E-state index contributed by atoms with van der Waals surface area (Å²) in [5.41, 5.74) is 0. The number of nitriles is 3. The van der Waals surface area contributed by atoms with Crippen molar-refractivity contribution in [3.05, 3.63) is 12.7 Å². The Morgan fingerprint density at radius 1 is 1.00 bits per heavy atom. The third-order valence-corrected chi connectivity index (χ3v) is 4.83. The first-order valence-electron chi connectivity index (χ1n) is 6.55. The van der Waals surface area contributed by atoms with Gasteiger partial charge >= 0.3 is 8.74 Å². The van der Waals surface area contributed by atoms with E-state index in [0.717, 1.165) is 6.55 Å². The van der Waals surface area contributed by atoms with Crippen molar-refractivity contribution in [2.75, 3.05) is 0 Å². The fraction of sp³-hybridized carbons (Fsp3) is 0.643. The van der Waals surface area contributed by atoms with E-state index in [1.54, 1.807) is 12.1 Å². The Bertz CT molecular complexity index is 393. The normalized spacial score (nSPS) is 8.58. The average Bonchev–Trinajstić information content (AvgIpc) is 2.41. The summed E-state index contributed by atoms with van der Waals surface area (Å²) in [6, 6.07) is 5.85. The molecule has 0 heterocycles. The Morgan fingerprint density at radius 2 is 1.27 bits per heavy atom. The second kappa shape index (κ2) is 27.1. The van der Waals surface area contributed by atoms with E-state index < -0.39 is 22.9 Å². The lowest BCUT2D eigenvalue weighted by Crippen LogP contribution is -2.14. The summed E-state index contributed by atoms with van der Waals surface area (Å²) in [5, 5.41) is 23.5. The van der Waals surface area contributed by atoms with E-state index in [2.05, 4.69) is 6.58 Å². The van der Waals surface area contributed by atoms with Gasteiger partial charge in [0.25, 0.3) is 0 Å². The zero-order chi connectivity index (χ0) is 20.2. The van der Waals surface area contributed by atoms with Crippen molar-refractivity contribution < 1.29 is 8.22 Å². The van der Waals surface area contributed by atoms with E-state index >= 15 is 0 Å². The van der Waals surface area contributed by atoms with Gasteiger partial charge in [0.2, 0.25) is 14.1 Å². The molecule has 12 heteroatoms. The summed E-state index contributed by atoms with van der Waals surface area (Å²) < 4.78 is 23.8. The molecule has 0 aliphatic heterocycles. The van der Waals surface area contributed by atoms with Crippen LogP contribution in [0.2, 0.25) is 31.7 Å². The predicted molar refractivity (Wildman–Crippen MR) is 121 cm³/mol. The highest BCUT2D eigenvalue weighted by atomic mass is 35.7. The Hall–Kier alpha value is -0.119. The highest BCUT2D eigenvalue weighted by Crippen LogP contribution is 2.20. The first-order chi connectivity index (χ1) is 10.8. The summed E-state index contributed by atoms with van der Waals surface area (Å²) >= 11 is 21.7. The lowest BCUT2D eigenvalue weighted by Gasteiger charge is -2.04. The largest absolute Gasteiger partial charge is 0.423 e. The molecule has 0 fully saturated rings. The maximum atomic E-state index is 11.9. The highest BCUT2D eigenvalue weighted by Gasteiger charge is 2.26. The van der Waals surface area contributed by atoms with Crippen molar-refractivity contribution in [1.29, 1.82) is 15.8 Å². The molecule has 0 N–H and O–H groups in total. The molecule has 0 aromatic heterocycles. The maximum Gasteiger partial charge on any atom is 0.423 e. The molecule has 0 bridgehead atoms. The minimum absolute atomic E-state index is 0. The van der Waals surface area contributed by atoms with Gasteiger partial charge in [-0.05, 0) is 25.7 Å². The molecule has 0 saturated carbocycles. The molecule has 0 aromatic rings. The van der Waals surface area contributed by atoms with Crippen LogP contribution in [0.25, 0.3) is 0 Å². The van der Waals surface area contributed by atoms with Crippen LogP contribution in [0.15, 0.2) is 12.7 Å². The third-order valence-electron chi connectivity index (χ3n) is 1.44. The van der Waals surface area contributed by atoms with Crippen LogP contribution in [0, 0.1) is 34.0 Å². The topological polar surface area (TPSA) is 71.4 Å². The van der Waals surface area contributed by atoms with E-state index in [1.807, 2.05) is 19.2 Å². The van der Waals surface area contributed by atoms with Crippen LogP contribution in [0.4, 0.5) is 8.22 Å². The van der Waals surface area contributed by atoms with Crippen LogP contribution in [-0.2, 0) is 0 Å². The molecule has 0 atom stereocenters. The van der Waals surface area contributed by atoms with Crippen LogP contribution in [0.3, 0.4) is 0 Å². The Balaban J connectivity index is -0.0000000525. The lowest BCUT2D eigenvalue weighted by molar-refractivity contribution is 0.607. The summed E-state index contributed by atoms with van der Waals surface area (Å²) in [5.74, 6) is 0. The summed E-state index contributed by atoms with van der Waals surface area (Å²) in [4.78, 5) is 0. The molecule has 0 aliphatic rings. The fourth-order valence-corrected chi connectivity index (χ4v) is 2.22. The molecule has 0 saturated heterocycles. The van der Waals surface area contributed by atoms with Crippen LogP contribution in [0.1, 0.15) is 27.7 Å². The van der Waals surface area contributed by atoms with Gasteiger partial charge in [-0.3, -0.25) is 8.22 Å². The fourth-order valence-electron chi connectivity index (χ4n) is 0.551. The molecule has 0 rings (SSSR count). The van der Waals surface area contributed by atoms with Gasteiger partial charge in [0.1, 0.15) is 0 Å². The number of hydrogen-bond acceptors (Lipinski definition) is 3. The molecule has 0 radical (unpaired) electrons. The van der Waals surface area contributed by atoms with Crippen molar-refractivity contribution in [2.45, 2.75) is 59.4 Å². The van der Waals surface area contributed by atoms with Crippen molar-refractivity contribution in [1.82, 2.24) is 0 Å². The first-order valence-corrected chi connectivity index (χ1v) is 18.4. The monoisotopic (exact) mass is 501 g/mol. The van der Waals surface area contributed by atoms with E-state index in [4.69, 9.17) is 60.1 Å². The summed E-state index contributed by atoms with van der Waals surface area (Å²) in [6.07, 6.45) is 1.66. The average molecular weight is 503 g/mol. The van der Waals surface area contributed by atoms with Crippen molar-refractivity contribution in [2.24, 2.45) is 0 Å². The Labute approximate surface area is 180 Å². The van der Waals surface area contributed by atoms with Crippen LogP contribution < -0.4 is 0 Å². The van der Waals surface area contributed by atoms with Crippen molar-refractivity contribution in [3.8, 4) is 18.2 Å². The van der Waals surface area contributed by atoms with E-state index in [0.29, 0.717) is 12.5 Å². The van der Waals surface area contributed by atoms with Crippen molar-refractivity contribution in [3.63, 3.8) is 0 Å². The standard InChI is InChI=1S/C4H7Cl2NSi.C4H7F2NSi.C3H3N.CH4Cl2Si.2CH4/c2*1-8(5,6)4-2-3-7;1-2-3-4;1-4(2)3;;/h2*2,4H2,1H3;2H,1H2;4H,1H3;2*1H4. The molecule has 0 spiro atoms. The molecular weight excluding hydrogens is 474 g/mol. The molecule has 0 aliphatic carbocycles. The Morgan fingerprint density at radius 3 is 1.35 bits per heavy atom. The molecule has 3 nitrogen and oxygen atoms in total. The van der Waals surface area contributed by atoms with Crippen LogP contribution in [0.5, 0.6) is 0 Å². The minimum atomic E-state index is -3.90. The van der Waals surface area contributed by atoms with E-state index in [9.17, 15) is 8.22 Å². The van der Waals surface area contributed by atoms with Gasteiger partial charge in [-0.2, -0.15) is 37.9 Å². The second-order valence-electron chi connectivity index (χ2n) is 4.31. The van der Waals surface area contributed by atoms with Gasteiger partial charge in [-0.1, -0.05) is 21.4 Å². The van der Waals surface area contributed by atoms with Gasteiger partial charge in [-0.25, -0.2) is 0 Å². The number of hydrogen-bond donors (Lipinski definition) is 0. The first kappa shape index (κ1) is 40.5. The van der Waals surface area contributed by atoms with Crippen LogP contribution in [-0.4, -0.2) is 22.9 Å². The lowest BCUT2D eigenvalue weighted by atomic mass is 10.6. The van der Waals surface area contributed by atoms with Gasteiger partial charge in [0, 0.05) is 25.0 Å². The van der Waals surface area contributed by atoms with Gasteiger partial charge in [0.15, 0.2) is 0 Å². The molecule has 154 valence electrons. The SMILES string of the molecule is C.C.C=CC#N.C[SiH](Cl)Cl.C[Si](Cl)(Cl)CCC#N.C[Si](F)(F)CCC#N. The maximum absolute atomic E-state index is 11.9. The quantitative estimate of drug-likeness (QED) is 0.225. The molecule has 26 heavy (non-hydrogen) atoms. The Kier molecular flexibility index (Phi) is 42.3. The number of rotatable bonds is 4. The van der Waals surface area contributed by atoms with Gasteiger partial charge < -0.3 is 0 Å². The summed E-state index contributed by atoms with van der Waals surface area (Å²) in [6.45, 7) is 5.76. The second-order valence-corrected chi connectivity index (χ2v) is 20.8. The van der Waals surface area contributed by atoms with Gasteiger partial charge in [0.05, 0.1) is 18.2 Å². The van der Waals surface area contributed by atoms with E-state index in [1.165, 1.54) is 6.08 Å². The third kappa shape index (κ3) is 106. The van der Waals surface area contributed by atoms with Gasteiger partial charge in [-0.15, -0.1) is 22.2 Å². The zero-order valence-electron chi connectivity index (χ0n) is 13.8. The molecular formula is C14H29Cl4F2N3Si3. The predicted octanol–water partition coefficient (Wildman–Crippen LogP) is 7.64. The molecule has 0 aromatic carbocycles. The smallest absolute Gasteiger partial charge is 0.271 e. The molecule has 0 amide bonds. The minimum Gasteiger partial charge on any atom is -0.271 e. The summed E-state index contributed by atoms with van der Waals surface area (Å²) in [7, 11) is -5.10. The molecule has 0 unspecified atom stereocenters. The number of nitrogens with zero attached hydrogens (tertiary/aromatic N) is 3.